The van der Waals surface area contributed by atoms with Crippen LogP contribution >= 0.6 is 0 Å². The van der Waals surface area contributed by atoms with Crippen LogP contribution in [0.15, 0.2) is 0 Å². The molecule has 32 heavy (non-hydrogen) atoms. The molecule has 2 aliphatic rings. The number of aliphatic hydroxyl groups is 8. The molecule has 2 fully saturated rings. The molecule has 0 radical (unpaired) electrons. The van der Waals surface area contributed by atoms with Crippen LogP contribution in [0.2, 0.25) is 0 Å². The van der Waals surface area contributed by atoms with E-state index in [1.54, 1.807) is 0 Å². The largest absolute Gasteiger partial charge is 2.00 e. The number of ether oxygens (including phenoxy) is 3. The van der Waals surface area contributed by atoms with Crippen LogP contribution in [0.3, 0.4) is 0 Å². The van der Waals surface area contributed by atoms with Crippen molar-refractivity contribution in [2.75, 3.05) is 19.8 Å². The third-order valence-corrected chi connectivity index (χ3v) is 4.07. The molecule has 184 valence electrons. The van der Waals surface area contributed by atoms with E-state index in [9.17, 15) is 30.6 Å². The Labute approximate surface area is 209 Å². The Morgan fingerprint density at radius 2 is 1.25 bits per heavy atom. The van der Waals surface area contributed by atoms with Gasteiger partial charge in [-0.2, -0.15) is 0 Å². The fraction of sp³-hybridized carbons (Fsp3) is 0.857. The predicted octanol–water partition coefficient (Wildman–Crippen LogP) is -8.00. The van der Waals surface area contributed by atoms with Gasteiger partial charge in [-0.3, -0.25) is 0 Å². The van der Waals surface area contributed by atoms with E-state index in [4.69, 9.17) is 54.4 Å². The first-order chi connectivity index (χ1) is 14.3. The average molecular weight is 504 g/mol. The van der Waals surface area contributed by atoms with Crippen molar-refractivity contribution in [3.8, 4) is 0 Å². The second-order valence-electron chi connectivity index (χ2n) is 6.09. The van der Waals surface area contributed by atoms with Crippen LogP contribution in [0, 0.1) is 0 Å². The third kappa shape index (κ3) is 9.31. The summed E-state index contributed by atoms with van der Waals surface area (Å²) < 4.78 is 15.4. The molecule has 0 spiro atoms. The number of carbonyl (C=O) groups is 2. The van der Waals surface area contributed by atoms with E-state index in [-0.39, 0.29) is 37.7 Å². The minimum Gasteiger partial charge on any atom is -0.565 e. The van der Waals surface area contributed by atoms with E-state index < -0.39 is 86.9 Å². The Morgan fingerprint density at radius 1 is 0.812 bits per heavy atom. The van der Waals surface area contributed by atoms with Crippen LogP contribution in [-0.2, 0) is 14.2 Å². The van der Waals surface area contributed by atoms with Gasteiger partial charge in [0.05, 0.1) is 13.2 Å². The van der Waals surface area contributed by atoms with Crippen LogP contribution in [0.5, 0.6) is 0 Å². The molecule has 18 heteroatoms. The van der Waals surface area contributed by atoms with Crippen LogP contribution in [-0.4, -0.2) is 176 Å². The Kier molecular flexibility index (Phi) is 16.0. The van der Waals surface area contributed by atoms with Crippen LogP contribution < -0.4 is 10.2 Å². The zero-order chi connectivity index (χ0) is 24.5. The van der Waals surface area contributed by atoms with Gasteiger partial charge in [0.1, 0.15) is 49.3 Å². The Balaban J connectivity index is 0. The standard InChI is InChI=1S/C12H22O11.2CH2O3.Ca/c13-1-4-6(16)8(18)9(19)11(21-4)23-12(3-15)10(20)7(17)5(2-14)22-12;2*2-1(3)4;/h4-11,13-20H,1-3H2;2*(H2,2,3,4);/q;;;+2/p-2/t4-,5-,6-,7-,8+,9-,10+,11-,12+;;;/m1.../s1. The first-order valence-electron chi connectivity index (χ1n) is 8.31. The molecule has 0 amide bonds. The molecule has 2 saturated heterocycles. The third-order valence-electron chi connectivity index (χ3n) is 4.07. The second-order valence-corrected chi connectivity index (χ2v) is 6.09. The van der Waals surface area contributed by atoms with Gasteiger partial charge in [-0.1, -0.05) is 0 Å². The van der Waals surface area contributed by atoms with Crippen LogP contribution in [0.25, 0.3) is 0 Å². The van der Waals surface area contributed by atoms with Gasteiger partial charge in [0.2, 0.25) is 18.1 Å². The number of carboxylic acid groups (broad SMARTS) is 4. The summed E-state index contributed by atoms with van der Waals surface area (Å²) in [5.74, 6) is -2.22. The van der Waals surface area contributed by atoms with E-state index in [0.29, 0.717) is 0 Å². The van der Waals surface area contributed by atoms with Crippen LogP contribution in [0.1, 0.15) is 0 Å². The van der Waals surface area contributed by atoms with Gasteiger partial charge in [0.15, 0.2) is 6.29 Å². The van der Waals surface area contributed by atoms with Crippen molar-refractivity contribution in [1.29, 1.82) is 0 Å². The molecule has 0 saturated carbocycles. The number of hydrogen-bond acceptors (Lipinski definition) is 15. The Hall–Kier alpha value is -0.640. The first-order valence-corrected chi connectivity index (χ1v) is 8.31. The van der Waals surface area contributed by atoms with Crippen LogP contribution in [0.4, 0.5) is 9.59 Å². The number of rotatable bonds is 5. The topological polar surface area (TPSA) is 310 Å². The minimum atomic E-state index is -2.22. The van der Waals surface area contributed by atoms with Crippen molar-refractivity contribution >= 4 is 50.0 Å². The molecule has 0 bridgehead atoms. The first kappa shape index (κ1) is 33.5. The van der Waals surface area contributed by atoms with Gasteiger partial charge in [0, 0.05) is 0 Å². The molecule has 9 atom stereocenters. The van der Waals surface area contributed by atoms with E-state index in [1.165, 1.54) is 0 Å². The summed E-state index contributed by atoms with van der Waals surface area (Å²) in [4.78, 5) is 16.9. The average Bonchev–Trinajstić information content (AvgIpc) is 2.92. The van der Waals surface area contributed by atoms with Gasteiger partial charge in [0.25, 0.3) is 0 Å². The fourth-order valence-electron chi connectivity index (χ4n) is 2.63. The van der Waals surface area contributed by atoms with E-state index >= 15 is 0 Å². The molecular weight excluding hydrogens is 480 g/mol. The molecule has 0 unspecified atom stereocenters. The summed E-state index contributed by atoms with van der Waals surface area (Å²) in [6.45, 7) is -2.32. The maximum atomic E-state index is 10.00. The van der Waals surface area contributed by atoms with Crippen molar-refractivity contribution in [2.24, 2.45) is 0 Å². The summed E-state index contributed by atoms with van der Waals surface area (Å²) in [5.41, 5.74) is 0. The molecule has 0 aromatic carbocycles. The van der Waals surface area contributed by atoms with E-state index in [2.05, 4.69) is 0 Å². The Bertz CT molecular complexity index is 543. The molecule has 2 heterocycles. The summed E-state index contributed by atoms with van der Waals surface area (Å²) in [7, 11) is 0. The molecule has 2 rings (SSSR count). The van der Waals surface area contributed by atoms with Crippen molar-refractivity contribution in [2.45, 2.75) is 54.8 Å². The smallest absolute Gasteiger partial charge is 0.565 e. The van der Waals surface area contributed by atoms with Gasteiger partial charge < -0.3 is 85.1 Å². The number of hydrogen-bond donors (Lipinski definition) is 10. The molecule has 10 N–H and O–H groups in total. The van der Waals surface area contributed by atoms with Gasteiger partial charge in [-0.25, -0.2) is 0 Å². The molecular formula is C14H24CaO17. The fourth-order valence-corrected chi connectivity index (χ4v) is 2.63. The monoisotopic (exact) mass is 504 g/mol. The summed E-state index contributed by atoms with van der Waals surface area (Å²) in [5, 5.41) is 107. The zero-order valence-electron chi connectivity index (χ0n) is 16.3. The summed E-state index contributed by atoms with van der Waals surface area (Å²) in [6.07, 6.45) is -16.8. The maximum Gasteiger partial charge on any atom is 2.00 e. The summed E-state index contributed by atoms with van der Waals surface area (Å²) >= 11 is 0. The molecule has 0 aromatic heterocycles. The summed E-state index contributed by atoms with van der Waals surface area (Å²) in [6, 6.07) is 0. The predicted molar refractivity (Wildman–Crippen MR) is 90.4 cm³/mol. The molecule has 0 aliphatic carbocycles. The molecule has 0 aromatic rings. The van der Waals surface area contributed by atoms with Crippen molar-refractivity contribution in [3.05, 3.63) is 0 Å². The molecule has 2 aliphatic heterocycles. The second kappa shape index (κ2) is 15.3. The minimum absolute atomic E-state index is 0. The van der Waals surface area contributed by atoms with E-state index in [1.807, 2.05) is 0 Å². The maximum absolute atomic E-state index is 10.00. The normalized spacial score (nSPS) is 38.2. The van der Waals surface area contributed by atoms with Gasteiger partial charge in [-0.05, 0) is 0 Å². The van der Waals surface area contributed by atoms with E-state index in [0.717, 1.165) is 0 Å². The van der Waals surface area contributed by atoms with Crippen molar-refractivity contribution in [3.63, 3.8) is 0 Å². The Morgan fingerprint density at radius 3 is 1.59 bits per heavy atom. The molecule has 17 nitrogen and oxygen atoms in total. The van der Waals surface area contributed by atoms with Gasteiger partial charge in [-0.15, -0.1) is 0 Å². The zero-order valence-corrected chi connectivity index (χ0v) is 18.5. The quantitative estimate of drug-likeness (QED) is 0.155. The van der Waals surface area contributed by atoms with Crippen molar-refractivity contribution in [1.82, 2.24) is 0 Å². The SMILES string of the molecule is O=C([O-])O.O=C([O-])O.OC[C@H]1O[C@@](CO)(O[C@H]2O[C@H](CO)[C@@H](O)[C@H](O)[C@H]2O)[C@@H](O)[C@@H]1O.[Ca+2]. The number of aliphatic hydroxyl groups excluding tert-OH is 8. The van der Waals surface area contributed by atoms with Gasteiger partial charge >= 0.3 is 37.7 Å². The van der Waals surface area contributed by atoms with Crippen molar-refractivity contribution < 1.29 is 85.1 Å².